The van der Waals surface area contributed by atoms with E-state index in [0.717, 1.165) is 39.5 Å². The number of methoxy groups -OCH3 is 3. The third-order valence-electron chi connectivity index (χ3n) is 4.47. The monoisotopic (exact) mass is 372 g/mol. The van der Waals surface area contributed by atoms with E-state index in [9.17, 15) is 0 Å². The molecule has 28 heavy (non-hydrogen) atoms. The minimum Gasteiger partial charge on any atom is -0.497 e. The van der Waals surface area contributed by atoms with E-state index in [1.54, 1.807) is 21.3 Å². The topological polar surface area (TPSA) is 27.7 Å². The average Bonchev–Trinajstić information content (AvgIpc) is 2.77. The molecule has 0 saturated heterocycles. The lowest BCUT2D eigenvalue weighted by molar-refractivity contribution is 0.414. The van der Waals surface area contributed by atoms with Gasteiger partial charge >= 0.3 is 0 Å². The lowest BCUT2D eigenvalue weighted by Gasteiger charge is -2.10. The van der Waals surface area contributed by atoms with Crippen molar-refractivity contribution in [3.8, 4) is 17.2 Å². The van der Waals surface area contributed by atoms with Crippen molar-refractivity contribution >= 4 is 11.6 Å². The van der Waals surface area contributed by atoms with E-state index in [4.69, 9.17) is 14.2 Å². The predicted molar refractivity (Wildman–Crippen MR) is 115 cm³/mol. The van der Waals surface area contributed by atoms with Crippen LogP contribution in [0.15, 0.2) is 84.9 Å². The van der Waals surface area contributed by atoms with Crippen LogP contribution in [0.1, 0.15) is 16.7 Å². The Hall–Kier alpha value is -3.46. The highest BCUT2D eigenvalue weighted by Crippen LogP contribution is 2.27. The third-order valence-corrected chi connectivity index (χ3v) is 4.47. The van der Waals surface area contributed by atoms with Gasteiger partial charge in [-0.15, -0.1) is 0 Å². The molecule has 0 fully saturated rings. The Balaban J connectivity index is 1.93. The standard InChI is InChI=1S/C25H24O3/c1-26-22-13-7-19(8-14-22)5-4-6-25(20-9-15-23(27-2)16-10-20)21-11-17-24(28-3)18-12-21/h4-18H,1-3H3/b5-4+. The van der Waals surface area contributed by atoms with Crippen molar-refractivity contribution < 1.29 is 14.2 Å². The number of benzene rings is 3. The van der Waals surface area contributed by atoms with Gasteiger partial charge in [-0.2, -0.15) is 0 Å². The summed E-state index contributed by atoms with van der Waals surface area (Å²) in [6.07, 6.45) is 6.26. The van der Waals surface area contributed by atoms with Crippen molar-refractivity contribution in [2.75, 3.05) is 21.3 Å². The quantitative estimate of drug-likeness (QED) is 0.486. The van der Waals surface area contributed by atoms with Gasteiger partial charge in [0.05, 0.1) is 21.3 Å². The van der Waals surface area contributed by atoms with Gasteiger partial charge in [0, 0.05) is 0 Å². The summed E-state index contributed by atoms with van der Waals surface area (Å²) in [5.74, 6) is 2.53. The normalized spacial score (nSPS) is 10.5. The molecule has 3 heteroatoms. The molecular formula is C25H24O3. The Kier molecular flexibility index (Phi) is 6.53. The maximum atomic E-state index is 5.28. The highest BCUT2D eigenvalue weighted by molar-refractivity contribution is 5.82. The second kappa shape index (κ2) is 9.47. The van der Waals surface area contributed by atoms with E-state index < -0.39 is 0 Å². The second-order valence-electron chi connectivity index (χ2n) is 6.17. The van der Waals surface area contributed by atoms with Crippen LogP contribution in [0.2, 0.25) is 0 Å². The Labute approximate surface area is 166 Å². The van der Waals surface area contributed by atoms with Crippen LogP contribution in [-0.2, 0) is 0 Å². The van der Waals surface area contributed by atoms with Crippen molar-refractivity contribution in [1.82, 2.24) is 0 Å². The van der Waals surface area contributed by atoms with Gasteiger partial charge in [-0.05, 0) is 58.7 Å². The fraction of sp³-hybridized carbons (Fsp3) is 0.120. The van der Waals surface area contributed by atoms with Crippen LogP contribution in [0.5, 0.6) is 17.2 Å². The smallest absolute Gasteiger partial charge is 0.118 e. The van der Waals surface area contributed by atoms with Gasteiger partial charge in [-0.25, -0.2) is 0 Å². The first-order chi connectivity index (χ1) is 13.7. The average molecular weight is 372 g/mol. The Morgan fingerprint density at radius 3 is 1.36 bits per heavy atom. The van der Waals surface area contributed by atoms with E-state index >= 15 is 0 Å². The minimum absolute atomic E-state index is 0.839. The van der Waals surface area contributed by atoms with Crippen molar-refractivity contribution in [2.24, 2.45) is 0 Å². The second-order valence-corrected chi connectivity index (χ2v) is 6.17. The molecule has 0 aliphatic rings. The summed E-state index contributed by atoms with van der Waals surface area (Å²) in [6.45, 7) is 0. The van der Waals surface area contributed by atoms with Crippen LogP contribution in [0, 0.1) is 0 Å². The summed E-state index contributed by atoms with van der Waals surface area (Å²) in [6, 6.07) is 24.1. The predicted octanol–water partition coefficient (Wildman–Crippen LogP) is 5.86. The molecule has 3 rings (SSSR count). The maximum Gasteiger partial charge on any atom is 0.118 e. The molecule has 0 amide bonds. The zero-order valence-electron chi connectivity index (χ0n) is 16.4. The maximum absolute atomic E-state index is 5.28. The van der Waals surface area contributed by atoms with Crippen molar-refractivity contribution in [3.63, 3.8) is 0 Å². The van der Waals surface area contributed by atoms with Gasteiger partial charge in [0.1, 0.15) is 17.2 Å². The van der Waals surface area contributed by atoms with Gasteiger partial charge in [0.2, 0.25) is 0 Å². The largest absolute Gasteiger partial charge is 0.497 e. The van der Waals surface area contributed by atoms with Crippen molar-refractivity contribution in [2.45, 2.75) is 0 Å². The zero-order valence-corrected chi connectivity index (χ0v) is 16.4. The summed E-state index contributed by atoms with van der Waals surface area (Å²) in [5.41, 5.74) is 4.46. The van der Waals surface area contributed by atoms with E-state index in [1.165, 1.54) is 0 Å². The number of allylic oxidation sites excluding steroid dienone is 2. The Morgan fingerprint density at radius 2 is 0.964 bits per heavy atom. The van der Waals surface area contributed by atoms with E-state index in [-0.39, 0.29) is 0 Å². The van der Waals surface area contributed by atoms with E-state index in [2.05, 4.69) is 42.5 Å². The third kappa shape index (κ3) is 4.83. The lowest BCUT2D eigenvalue weighted by atomic mass is 9.97. The molecule has 0 bridgehead atoms. The van der Waals surface area contributed by atoms with Crippen LogP contribution >= 0.6 is 0 Å². The Bertz CT molecular complexity index is 885. The highest BCUT2D eigenvalue weighted by Gasteiger charge is 2.05. The molecule has 0 aliphatic carbocycles. The highest BCUT2D eigenvalue weighted by atomic mass is 16.5. The minimum atomic E-state index is 0.839. The zero-order chi connectivity index (χ0) is 19.8. The number of rotatable bonds is 7. The molecule has 3 nitrogen and oxygen atoms in total. The Morgan fingerprint density at radius 1 is 0.571 bits per heavy atom. The molecule has 0 N–H and O–H groups in total. The van der Waals surface area contributed by atoms with Crippen LogP contribution in [0.3, 0.4) is 0 Å². The van der Waals surface area contributed by atoms with Gasteiger partial charge in [0.25, 0.3) is 0 Å². The summed E-state index contributed by atoms with van der Waals surface area (Å²) in [4.78, 5) is 0. The molecule has 3 aromatic rings. The first-order valence-corrected chi connectivity index (χ1v) is 9.05. The van der Waals surface area contributed by atoms with E-state index in [1.807, 2.05) is 48.5 Å². The molecule has 142 valence electrons. The van der Waals surface area contributed by atoms with E-state index in [0.29, 0.717) is 0 Å². The molecule has 3 aromatic carbocycles. The molecule has 0 atom stereocenters. The summed E-state index contributed by atoms with van der Waals surface area (Å²) in [7, 11) is 5.02. The molecule has 0 heterocycles. The molecule has 0 radical (unpaired) electrons. The SMILES string of the molecule is COc1ccc(/C=C/C=C(c2ccc(OC)cc2)c2ccc(OC)cc2)cc1. The number of hydrogen-bond acceptors (Lipinski definition) is 3. The lowest BCUT2D eigenvalue weighted by Crippen LogP contribution is -1.90. The fourth-order valence-electron chi connectivity index (χ4n) is 2.87. The van der Waals surface area contributed by atoms with Crippen molar-refractivity contribution in [3.05, 3.63) is 102 Å². The summed E-state index contributed by atoms with van der Waals surface area (Å²) < 4.78 is 15.8. The van der Waals surface area contributed by atoms with Gasteiger partial charge < -0.3 is 14.2 Å². The van der Waals surface area contributed by atoms with Gasteiger partial charge in [0.15, 0.2) is 0 Å². The summed E-state index contributed by atoms with van der Waals surface area (Å²) in [5, 5.41) is 0. The molecule has 0 aromatic heterocycles. The van der Waals surface area contributed by atoms with Crippen molar-refractivity contribution in [1.29, 1.82) is 0 Å². The number of ether oxygens (including phenoxy) is 3. The molecule has 0 aliphatic heterocycles. The van der Waals surface area contributed by atoms with Crippen LogP contribution in [0.25, 0.3) is 11.6 Å². The van der Waals surface area contributed by atoms with Crippen LogP contribution in [-0.4, -0.2) is 21.3 Å². The first-order valence-electron chi connectivity index (χ1n) is 9.05. The summed E-state index contributed by atoms with van der Waals surface area (Å²) >= 11 is 0. The van der Waals surface area contributed by atoms with Gasteiger partial charge in [-0.1, -0.05) is 54.6 Å². The fourth-order valence-corrected chi connectivity index (χ4v) is 2.87. The van der Waals surface area contributed by atoms with Gasteiger partial charge in [-0.3, -0.25) is 0 Å². The first kappa shape index (κ1) is 19.3. The van der Waals surface area contributed by atoms with Crippen LogP contribution < -0.4 is 14.2 Å². The number of hydrogen-bond donors (Lipinski definition) is 0. The molecule has 0 spiro atoms. The molecular weight excluding hydrogens is 348 g/mol. The molecule has 0 saturated carbocycles. The van der Waals surface area contributed by atoms with Crippen LogP contribution in [0.4, 0.5) is 0 Å². The molecule has 0 unspecified atom stereocenters.